The van der Waals surface area contributed by atoms with Crippen LogP contribution in [0.3, 0.4) is 0 Å². The van der Waals surface area contributed by atoms with Crippen molar-refractivity contribution in [3.05, 3.63) is 44.6 Å². The van der Waals surface area contributed by atoms with Crippen LogP contribution in [0.15, 0.2) is 38.1 Å². The van der Waals surface area contributed by atoms with Gasteiger partial charge in [-0.05, 0) is 48.0 Å². The van der Waals surface area contributed by atoms with Gasteiger partial charge in [-0.15, -0.1) is 11.8 Å². The van der Waals surface area contributed by atoms with E-state index in [1.807, 2.05) is 42.8 Å². The largest absolute Gasteiger partial charge is 0.298 e. The smallest absolute Gasteiger partial charge is 0.149 e. The second kappa shape index (κ2) is 7.61. The first-order valence-electron chi connectivity index (χ1n) is 6.63. The van der Waals surface area contributed by atoms with Crippen molar-refractivity contribution in [1.82, 2.24) is 9.78 Å². The summed E-state index contributed by atoms with van der Waals surface area (Å²) in [5, 5.41) is 4.42. The highest BCUT2D eigenvalue weighted by Crippen LogP contribution is 2.24. The molecule has 0 radical (unpaired) electrons. The molecular formula is C15H16Br2N2OS. The van der Waals surface area contributed by atoms with Gasteiger partial charge in [0.1, 0.15) is 5.78 Å². The van der Waals surface area contributed by atoms with Crippen LogP contribution in [0.25, 0.3) is 0 Å². The molecule has 0 aliphatic heterocycles. The molecule has 1 heterocycles. The molecule has 0 fully saturated rings. The zero-order valence-corrected chi connectivity index (χ0v) is 15.9. The fourth-order valence-electron chi connectivity index (χ4n) is 2.00. The third-order valence-electron chi connectivity index (χ3n) is 3.01. The molecule has 21 heavy (non-hydrogen) atoms. The molecule has 2 aromatic rings. The highest BCUT2D eigenvalue weighted by atomic mass is 79.9. The van der Waals surface area contributed by atoms with Crippen LogP contribution in [-0.4, -0.2) is 21.3 Å². The molecule has 112 valence electrons. The molecule has 0 saturated carbocycles. The van der Waals surface area contributed by atoms with Crippen LogP contribution in [0.2, 0.25) is 0 Å². The minimum atomic E-state index is 0.204. The molecule has 0 bridgehead atoms. The Morgan fingerprint density at radius 3 is 2.81 bits per heavy atom. The van der Waals surface area contributed by atoms with Crippen molar-refractivity contribution < 1.29 is 4.79 Å². The Hall–Kier alpha value is -0.590. The van der Waals surface area contributed by atoms with Gasteiger partial charge >= 0.3 is 0 Å². The Bertz CT molecular complexity index is 655. The van der Waals surface area contributed by atoms with Gasteiger partial charge in [-0.3, -0.25) is 9.48 Å². The first-order valence-corrected chi connectivity index (χ1v) is 9.20. The van der Waals surface area contributed by atoms with E-state index in [9.17, 15) is 4.79 Å². The van der Waals surface area contributed by atoms with Crippen LogP contribution in [0.1, 0.15) is 18.3 Å². The second-order valence-electron chi connectivity index (χ2n) is 4.62. The summed E-state index contributed by atoms with van der Waals surface area (Å²) in [4.78, 5) is 13.3. The van der Waals surface area contributed by atoms with E-state index in [1.54, 1.807) is 11.8 Å². The number of aromatic nitrogens is 2. The van der Waals surface area contributed by atoms with E-state index in [-0.39, 0.29) is 5.78 Å². The second-order valence-corrected chi connectivity index (χ2v) is 7.38. The van der Waals surface area contributed by atoms with E-state index in [2.05, 4.69) is 37.0 Å². The van der Waals surface area contributed by atoms with Crippen LogP contribution in [0, 0.1) is 6.92 Å². The molecule has 0 atom stereocenters. The molecule has 0 amide bonds. The maximum Gasteiger partial charge on any atom is 0.149 e. The van der Waals surface area contributed by atoms with E-state index in [4.69, 9.17) is 0 Å². The van der Waals surface area contributed by atoms with Gasteiger partial charge in [0.05, 0.1) is 28.0 Å². The predicted octanol–water partition coefficient (Wildman–Crippen LogP) is 4.64. The van der Waals surface area contributed by atoms with E-state index in [0.717, 1.165) is 31.8 Å². The van der Waals surface area contributed by atoms with Crippen LogP contribution >= 0.6 is 43.6 Å². The van der Waals surface area contributed by atoms with Crippen LogP contribution in [-0.2, 0) is 17.8 Å². The Balaban J connectivity index is 1.99. The molecule has 1 aromatic carbocycles. The summed E-state index contributed by atoms with van der Waals surface area (Å²) in [5.74, 6) is 0.673. The molecule has 3 nitrogen and oxygen atoms in total. The Morgan fingerprint density at radius 2 is 2.14 bits per heavy atom. The van der Waals surface area contributed by atoms with Gasteiger partial charge in [0.15, 0.2) is 0 Å². The average molecular weight is 432 g/mol. The fraction of sp³-hybridized carbons (Fsp3) is 0.333. The molecule has 0 spiro atoms. The van der Waals surface area contributed by atoms with Gasteiger partial charge in [0, 0.05) is 15.9 Å². The number of carbonyl (C=O) groups is 1. The lowest BCUT2D eigenvalue weighted by atomic mass is 10.2. The van der Waals surface area contributed by atoms with Crippen molar-refractivity contribution in [2.45, 2.75) is 31.7 Å². The van der Waals surface area contributed by atoms with Gasteiger partial charge in [0.2, 0.25) is 0 Å². The number of ketones is 1. The first-order chi connectivity index (χ1) is 10.0. The van der Waals surface area contributed by atoms with E-state index in [1.165, 1.54) is 0 Å². The SMILES string of the molecule is CCn1nc(C)c(Br)c1CC(=O)CSc1cccc(Br)c1. The van der Waals surface area contributed by atoms with Crippen molar-refractivity contribution in [3.8, 4) is 0 Å². The first kappa shape index (κ1) is 16.8. The fourth-order valence-corrected chi connectivity index (χ4v) is 3.79. The summed E-state index contributed by atoms with van der Waals surface area (Å²) < 4.78 is 3.87. The number of rotatable bonds is 6. The third-order valence-corrected chi connectivity index (χ3v) is 5.59. The number of hydrogen-bond donors (Lipinski definition) is 0. The molecule has 0 unspecified atom stereocenters. The lowest BCUT2D eigenvalue weighted by Gasteiger charge is -2.05. The normalized spacial score (nSPS) is 10.9. The van der Waals surface area contributed by atoms with Gasteiger partial charge < -0.3 is 0 Å². The lowest BCUT2D eigenvalue weighted by Crippen LogP contribution is -2.11. The summed E-state index contributed by atoms with van der Waals surface area (Å²) in [5.41, 5.74) is 1.90. The number of halogens is 2. The number of nitrogens with zero attached hydrogens (tertiary/aromatic N) is 2. The minimum Gasteiger partial charge on any atom is -0.298 e. The average Bonchev–Trinajstić information content (AvgIpc) is 2.73. The number of Topliss-reactive ketones (excluding diaryl/α,β-unsaturated/α-hetero) is 1. The number of carbonyl (C=O) groups excluding carboxylic acids is 1. The maximum absolute atomic E-state index is 12.2. The van der Waals surface area contributed by atoms with Crippen LogP contribution in [0.4, 0.5) is 0 Å². The lowest BCUT2D eigenvalue weighted by molar-refractivity contribution is -0.116. The van der Waals surface area contributed by atoms with Crippen LogP contribution in [0.5, 0.6) is 0 Å². The van der Waals surface area contributed by atoms with Crippen molar-refractivity contribution in [1.29, 1.82) is 0 Å². The number of hydrogen-bond acceptors (Lipinski definition) is 3. The van der Waals surface area contributed by atoms with E-state index >= 15 is 0 Å². The van der Waals surface area contributed by atoms with Crippen molar-refractivity contribution in [3.63, 3.8) is 0 Å². The molecule has 2 rings (SSSR count). The van der Waals surface area contributed by atoms with Crippen LogP contribution < -0.4 is 0 Å². The van der Waals surface area contributed by atoms with Crippen molar-refractivity contribution in [2.24, 2.45) is 0 Å². The van der Waals surface area contributed by atoms with Gasteiger partial charge in [0.25, 0.3) is 0 Å². The highest BCUT2D eigenvalue weighted by Gasteiger charge is 2.15. The Morgan fingerprint density at radius 1 is 1.38 bits per heavy atom. The van der Waals surface area contributed by atoms with E-state index < -0.39 is 0 Å². The quantitative estimate of drug-likeness (QED) is 0.624. The standard InChI is InChI=1S/C15H16Br2N2OS/c1-3-19-14(15(17)10(2)18-19)8-12(20)9-21-13-6-4-5-11(16)7-13/h4-7H,3,8-9H2,1-2H3. The Labute approximate surface area is 145 Å². The number of benzene rings is 1. The monoisotopic (exact) mass is 430 g/mol. The minimum absolute atomic E-state index is 0.204. The summed E-state index contributed by atoms with van der Waals surface area (Å²) in [7, 11) is 0. The number of thioether (sulfide) groups is 1. The molecule has 6 heteroatoms. The molecule has 0 N–H and O–H groups in total. The Kier molecular flexibility index (Phi) is 6.08. The zero-order chi connectivity index (χ0) is 15.4. The van der Waals surface area contributed by atoms with Crippen molar-refractivity contribution >= 4 is 49.4 Å². The molecule has 0 saturated heterocycles. The molecule has 0 aliphatic carbocycles. The highest BCUT2D eigenvalue weighted by molar-refractivity contribution is 9.10. The molecule has 0 aliphatic rings. The third kappa shape index (κ3) is 4.44. The zero-order valence-electron chi connectivity index (χ0n) is 11.9. The molecular weight excluding hydrogens is 416 g/mol. The summed E-state index contributed by atoms with van der Waals surface area (Å²) in [6, 6.07) is 7.99. The van der Waals surface area contributed by atoms with Gasteiger partial charge in [-0.25, -0.2) is 0 Å². The van der Waals surface area contributed by atoms with Gasteiger partial charge in [-0.1, -0.05) is 22.0 Å². The number of aryl methyl sites for hydroxylation is 2. The summed E-state index contributed by atoms with van der Waals surface area (Å²) in [6.07, 6.45) is 0.413. The molecule has 1 aromatic heterocycles. The van der Waals surface area contributed by atoms with Crippen molar-refractivity contribution in [2.75, 3.05) is 5.75 Å². The maximum atomic E-state index is 12.2. The van der Waals surface area contributed by atoms with E-state index in [0.29, 0.717) is 12.2 Å². The van der Waals surface area contributed by atoms with Gasteiger partial charge in [-0.2, -0.15) is 5.10 Å². The summed E-state index contributed by atoms with van der Waals surface area (Å²) in [6.45, 7) is 4.75. The summed E-state index contributed by atoms with van der Waals surface area (Å²) >= 11 is 8.53. The predicted molar refractivity (Wildman–Crippen MR) is 93.9 cm³/mol. The topological polar surface area (TPSA) is 34.9 Å².